The number of thiophene rings is 1. The smallest absolute Gasteiger partial charge is 0.350 e. The summed E-state index contributed by atoms with van der Waals surface area (Å²) in [5.74, 6) is -0.359. The Labute approximate surface area is 127 Å². The highest BCUT2D eigenvalue weighted by atomic mass is 32.1. The molecule has 0 atom stereocenters. The Bertz CT molecular complexity index is 606. The predicted molar refractivity (Wildman–Crippen MR) is 84.8 cm³/mol. The molecule has 0 bridgehead atoms. The zero-order valence-corrected chi connectivity index (χ0v) is 13.0. The minimum Gasteiger partial charge on any atom is -0.462 e. The van der Waals surface area contributed by atoms with Gasteiger partial charge in [-0.25, -0.2) is 4.79 Å². The molecule has 2 aromatic heterocycles. The number of H-pyrrole nitrogens is 1. The fraction of sp³-hybridized carbons (Fsp3) is 0.429. The first kappa shape index (κ1) is 15.4. The summed E-state index contributed by atoms with van der Waals surface area (Å²) in [6.07, 6.45) is 3.80. The van der Waals surface area contributed by atoms with Crippen LogP contribution in [0.5, 0.6) is 0 Å². The molecule has 0 unspecified atom stereocenters. The van der Waals surface area contributed by atoms with Crippen LogP contribution in [0.4, 0.5) is 10.7 Å². The van der Waals surface area contributed by atoms with Gasteiger partial charge in [0.1, 0.15) is 4.88 Å². The van der Waals surface area contributed by atoms with Gasteiger partial charge in [-0.1, -0.05) is 0 Å². The van der Waals surface area contributed by atoms with Crippen molar-refractivity contribution in [3.8, 4) is 0 Å². The van der Waals surface area contributed by atoms with Crippen LogP contribution in [0, 0.1) is 6.92 Å². The van der Waals surface area contributed by atoms with Gasteiger partial charge in [-0.15, -0.1) is 11.3 Å². The van der Waals surface area contributed by atoms with E-state index in [-0.39, 0.29) is 5.97 Å². The molecule has 0 aliphatic heterocycles. The zero-order chi connectivity index (χ0) is 15.2. The number of nitrogens with two attached hydrogens (primary N) is 1. The van der Waals surface area contributed by atoms with Crippen LogP contribution >= 0.6 is 11.3 Å². The van der Waals surface area contributed by atoms with E-state index in [9.17, 15) is 4.79 Å². The van der Waals surface area contributed by atoms with E-state index in [0.717, 1.165) is 30.1 Å². The molecular formula is C14H20N4O2S. The van der Waals surface area contributed by atoms with Gasteiger partial charge in [-0.3, -0.25) is 5.10 Å². The molecule has 0 aliphatic carbocycles. The summed E-state index contributed by atoms with van der Waals surface area (Å²) in [5, 5.41) is 11.1. The fourth-order valence-corrected chi connectivity index (χ4v) is 2.87. The number of nitrogens with one attached hydrogen (secondary N) is 2. The lowest BCUT2D eigenvalue weighted by atomic mass is 10.1. The molecule has 0 radical (unpaired) electrons. The van der Waals surface area contributed by atoms with Crippen LogP contribution in [0.1, 0.15) is 34.3 Å². The fourth-order valence-electron chi connectivity index (χ4n) is 1.97. The lowest BCUT2D eigenvalue weighted by Crippen LogP contribution is -2.04. The third kappa shape index (κ3) is 3.98. The molecule has 0 saturated heterocycles. The maximum Gasteiger partial charge on any atom is 0.350 e. The second kappa shape index (κ2) is 7.12. The zero-order valence-electron chi connectivity index (χ0n) is 12.2. The van der Waals surface area contributed by atoms with Crippen LogP contribution in [0.3, 0.4) is 0 Å². The van der Waals surface area contributed by atoms with Gasteiger partial charge in [0, 0.05) is 12.2 Å². The lowest BCUT2D eigenvalue weighted by molar-refractivity contribution is 0.0533. The predicted octanol–water partition coefficient (Wildman–Crippen LogP) is 2.58. The second-order valence-electron chi connectivity index (χ2n) is 4.67. The van der Waals surface area contributed by atoms with E-state index < -0.39 is 0 Å². The largest absolute Gasteiger partial charge is 0.462 e. The van der Waals surface area contributed by atoms with Crippen molar-refractivity contribution in [1.29, 1.82) is 0 Å². The average molecular weight is 308 g/mol. The van der Waals surface area contributed by atoms with Crippen molar-refractivity contribution >= 4 is 28.0 Å². The second-order valence-corrected chi connectivity index (χ2v) is 5.72. The van der Waals surface area contributed by atoms with Gasteiger partial charge in [0.2, 0.25) is 0 Å². The first-order valence-electron chi connectivity index (χ1n) is 6.91. The minimum atomic E-state index is -0.359. The van der Waals surface area contributed by atoms with E-state index in [2.05, 4.69) is 15.5 Å². The van der Waals surface area contributed by atoms with Gasteiger partial charge in [-0.05, 0) is 38.3 Å². The Morgan fingerprint density at radius 3 is 3.05 bits per heavy atom. The average Bonchev–Trinajstić information content (AvgIpc) is 3.01. The summed E-state index contributed by atoms with van der Waals surface area (Å²) in [6, 6.07) is 1.78. The van der Waals surface area contributed by atoms with Crippen molar-refractivity contribution in [3.05, 3.63) is 28.4 Å². The molecule has 21 heavy (non-hydrogen) atoms. The van der Waals surface area contributed by atoms with Gasteiger partial charge in [0.15, 0.2) is 0 Å². The molecule has 0 amide bonds. The molecule has 2 rings (SSSR count). The normalized spacial score (nSPS) is 10.6. The Kier molecular flexibility index (Phi) is 5.21. The van der Waals surface area contributed by atoms with E-state index in [0.29, 0.717) is 17.2 Å². The maximum absolute atomic E-state index is 11.7. The molecule has 0 aliphatic rings. The van der Waals surface area contributed by atoms with Crippen LogP contribution in [0.15, 0.2) is 12.3 Å². The van der Waals surface area contributed by atoms with Crippen LogP contribution in [-0.4, -0.2) is 29.3 Å². The number of anilines is 2. The van der Waals surface area contributed by atoms with E-state index in [1.54, 1.807) is 13.0 Å². The van der Waals surface area contributed by atoms with Crippen molar-refractivity contribution in [3.63, 3.8) is 0 Å². The number of hydrogen-bond donors (Lipinski definition) is 3. The van der Waals surface area contributed by atoms with Gasteiger partial charge in [0.25, 0.3) is 0 Å². The summed E-state index contributed by atoms with van der Waals surface area (Å²) >= 11 is 1.33. The topological polar surface area (TPSA) is 93.0 Å². The number of carbonyl (C=O) groups excluding carboxylic acids is 1. The summed E-state index contributed by atoms with van der Waals surface area (Å²) in [4.78, 5) is 12.1. The highest BCUT2D eigenvalue weighted by Gasteiger charge is 2.15. The van der Waals surface area contributed by atoms with Gasteiger partial charge >= 0.3 is 5.97 Å². The Balaban J connectivity index is 1.82. The Hall–Kier alpha value is -2.02. The van der Waals surface area contributed by atoms with E-state index in [4.69, 9.17) is 10.5 Å². The summed E-state index contributed by atoms with van der Waals surface area (Å²) in [7, 11) is 0. The molecular weight excluding hydrogens is 288 g/mol. The van der Waals surface area contributed by atoms with Crippen LogP contribution in [0.2, 0.25) is 0 Å². The van der Waals surface area contributed by atoms with E-state index in [1.807, 2.05) is 13.1 Å². The van der Waals surface area contributed by atoms with Crippen molar-refractivity contribution in [2.45, 2.75) is 26.7 Å². The first-order chi connectivity index (χ1) is 10.1. The SMILES string of the molecule is CCOC(=O)c1sc(NCCCc2cn[nH]c2C)cc1N. The van der Waals surface area contributed by atoms with E-state index in [1.165, 1.54) is 16.9 Å². The Morgan fingerprint density at radius 2 is 2.38 bits per heavy atom. The van der Waals surface area contributed by atoms with Crippen LogP contribution in [0.25, 0.3) is 0 Å². The van der Waals surface area contributed by atoms with Gasteiger partial charge in [-0.2, -0.15) is 5.10 Å². The molecule has 0 saturated carbocycles. The molecule has 4 N–H and O–H groups in total. The molecule has 114 valence electrons. The first-order valence-corrected chi connectivity index (χ1v) is 7.72. The highest BCUT2D eigenvalue weighted by molar-refractivity contribution is 7.18. The van der Waals surface area contributed by atoms with Crippen molar-refractivity contribution < 1.29 is 9.53 Å². The number of ether oxygens (including phenoxy) is 1. The molecule has 0 fully saturated rings. The highest BCUT2D eigenvalue weighted by Crippen LogP contribution is 2.29. The van der Waals surface area contributed by atoms with Crippen molar-refractivity contribution in [2.24, 2.45) is 0 Å². The van der Waals surface area contributed by atoms with Crippen molar-refractivity contribution in [1.82, 2.24) is 10.2 Å². The number of hydrogen-bond acceptors (Lipinski definition) is 6. The lowest BCUT2D eigenvalue weighted by Gasteiger charge is -2.03. The van der Waals surface area contributed by atoms with Gasteiger partial charge in [0.05, 0.1) is 23.5 Å². The number of aryl methyl sites for hydroxylation is 2. The number of nitrogen functional groups attached to an aromatic ring is 1. The number of aromatic amines is 1. The van der Waals surface area contributed by atoms with Crippen LogP contribution in [-0.2, 0) is 11.2 Å². The number of nitrogens with zero attached hydrogens (tertiary/aromatic N) is 1. The number of aromatic nitrogens is 2. The molecule has 7 heteroatoms. The molecule has 2 aromatic rings. The summed E-state index contributed by atoms with van der Waals surface area (Å²) in [5.41, 5.74) is 8.64. The number of esters is 1. The molecule has 2 heterocycles. The van der Waals surface area contributed by atoms with Gasteiger partial charge < -0.3 is 15.8 Å². The molecule has 6 nitrogen and oxygen atoms in total. The molecule has 0 spiro atoms. The number of carbonyl (C=O) groups is 1. The van der Waals surface area contributed by atoms with Crippen LogP contribution < -0.4 is 11.1 Å². The standard InChI is InChI=1S/C14H20N4O2S/c1-3-20-14(19)13-11(15)7-12(21-13)16-6-4-5-10-8-17-18-9(10)2/h7-8,16H,3-6,15H2,1-2H3,(H,17,18). The van der Waals surface area contributed by atoms with Crippen molar-refractivity contribution in [2.75, 3.05) is 24.2 Å². The molecule has 0 aromatic carbocycles. The summed E-state index contributed by atoms with van der Waals surface area (Å²) in [6.45, 7) is 4.95. The maximum atomic E-state index is 11.7. The van der Waals surface area contributed by atoms with E-state index >= 15 is 0 Å². The quantitative estimate of drug-likeness (QED) is 0.540. The summed E-state index contributed by atoms with van der Waals surface area (Å²) < 4.78 is 4.96. The third-order valence-corrected chi connectivity index (χ3v) is 4.17. The Morgan fingerprint density at radius 1 is 1.57 bits per heavy atom. The minimum absolute atomic E-state index is 0.350. The number of rotatable bonds is 7. The third-order valence-electron chi connectivity index (χ3n) is 3.08. The monoisotopic (exact) mass is 308 g/mol.